The molecule has 1 fully saturated rings. The van der Waals surface area contributed by atoms with E-state index >= 15 is 0 Å². The van der Waals surface area contributed by atoms with Gasteiger partial charge in [0, 0.05) is 6.04 Å². The number of nitrogen functional groups attached to an aromatic ring is 1. The normalized spacial score (nSPS) is 23.4. The van der Waals surface area contributed by atoms with Crippen LogP contribution in [-0.4, -0.2) is 9.55 Å². The largest absolute Gasteiger partial charge is 0.369 e. The number of rotatable bonds is 1. The molecule has 1 aromatic carbocycles. The molecule has 2 N–H and O–H groups in total. The van der Waals surface area contributed by atoms with Crippen molar-refractivity contribution in [1.82, 2.24) is 9.55 Å². The molecule has 1 aliphatic rings. The maximum absolute atomic E-state index is 9.04. The average Bonchev–Trinajstić information content (AvgIpc) is 2.73. The molecule has 2 aromatic rings. The van der Waals surface area contributed by atoms with Gasteiger partial charge in [0.25, 0.3) is 0 Å². The van der Waals surface area contributed by atoms with Gasteiger partial charge in [-0.05, 0) is 37.0 Å². The molecule has 0 spiro atoms. The van der Waals surface area contributed by atoms with Crippen LogP contribution in [-0.2, 0) is 0 Å². The molecule has 1 saturated carbocycles. The van der Waals surface area contributed by atoms with Crippen LogP contribution in [0.3, 0.4) is 0 Å². The van der Waals surface area contributed by atoms with E-state index in [1.165, 1.54) is 12.8 Å². The van der Waals surface area contributed by atoms with Gasteiger partial charge in [0.15, 0.2) is 0 Å². The fourth-order valence-electron chi connectivity index (χ4n) is 3.20. The minimum Gasteiger partial charge on any atom is -0.369 e. The molecule has 0 amide bonds. The van der Waals surface area contributed by atoms with Crippen LogP contribution in [0.25, 0.3) is 11.0 Å². The highest BCUT2D eigenvalue weighted by molar-refractivity contribution is 5.80. The Morgan fingerprint density at radius 2 is 2.26 bits per heavy atom. The Morgan fingerprint density at radius 1 is 1.42 bits per heavy atom. The standard InChI is InChI=1S/C15H18N4/c1-10-3-2-4-12(7-10)19-14-8-11(9-16)5-6-13(14)18-15(19)17/h5-6,8,10,12H,2-4,7H2,1H3,(H2,17,18). The highest BCUT2D eigenvalue weighted by Crippen LogP contribution is 2.36. The van der Waals surface area contributed by atoms with Gasteiger partial charge in [-0.15, -0.1) is 0 Å². The summed E-state index contributed by atoms with van der Waals surface area (Å²) in [5.74, 6) is 1.30. The van der Waals surface area contributed by atoms with E-state index in [2.05, 4.69) is 22.5 Å². The number of nitriles is 1. The molecule has 2 atom stereocenters. The van der Waals surface area contributed by atoms with E-state index in [-0.39, 0.29) is 0 Å². The van der Waals surface area contributed by atoms with E-state index in [4.69, 9.17) is 11.0 Å². The van der Waals surface area contributed by atoms with Crippen molar-refractivity contribution in [1.29, 1.82) is 5.26 Å². The van der Waals surface area contributed by atoms with E-state index < -0.39 is 0 Å². The fraction of sp³-hybridized carbons (Fsp3) is 0.467. The summed E-state index contributed by atoms with van der Waals surface area (Å²) in [6.07, 6.45) is 4.83. The zero-order chi connectivity index (χ0) is 13.4. The van der Waals surface area contributed by atoms with Crippen molar-refractivity contribution in [3.05, 3.63) is 23.8 Å². The molecule has 1 aliphatic carbocycles. The van der Waals surface area contributed by atoms with Crippen LogP contribution in [0.5, 0.6) is 0 Å². The highest BCUT2D eigenvalue weighted by Gasteiger charge is 2.23. The molecular formula is C15H18N4. The van der Waals surface area contributed by atoms with Gasteiger partial charge in [0.05, 0.1) is 22.7 Å². The number of imidazole rings is 1. The lowest BCUT2D eigenvalue weighted by Gasteiger charge is -2.28. The predicted molar refractivity (Wildman–Crippen MR) is 75.5 cm³/mol. The number of fused-ring (bicyclic) bond motifs is 1. The van der Waals surface area contributed by atoms with Gasteiger partial charge in [-0.3, -0.25) is 0 Å². The first-order valence-corrected chi connectivity index (χ1v) is 6.86. The summed E-state index contributed by atoms with van der Waals surface area (Å²) in [4.78, 5) is 4.42. The molecule has 0 bridgehead atoms. The van der Waals surface area contributed by atoms with Gasteiger partial charge in [-0.1, -0.05) is 19.8 Å². The number of aromatic nitrogens is 2. The fourth-order valence-corrected chi connectivity index (χ4v) is 3.20. The summed E-state index contributed by atoms with van der Waals surface area (Å²) in [5.41, 5.74) is 8.63. The van der Waals surface area contributed by atoms with Crippen LogP contribution >= 0.6 is 0 Å². The van der Waals surface area contributed by atoms with Crippen molar-refractivity contribution in [2.45, 2.75) is 38.6 Å². The van der Waals surface area contributed by atoms with Crippen LogP contribution in [0.2, 0.25) is 0 Å². The zero-order valence-electron chi connectivity index (χ0n) is 11.1. The average molecular weight is 254 g/mol. The Morgan fingerprint density at radius 3 is 3.00 bits per heavy atom. The van der Waals surface area contributed by atoms with Crippen molar-refractivity contribution in [3.63, 3.8) is 0 Å². The van der Waals surface area contributed by atoms with Crippen molar-refractivity contribution in [2.24, 2.45) is 5.92 Å². The summed E-state index contributed by atoms with van der Waals surface area (Å²) in [6, 6.07) is 8.18. The van der Waals surface area contributed by atoms with Gasteiger partial charge in [-0.25, -0.2) is 4.98 Å². The van der Waals surface area contributed by atoms with Crippen molar-refractivity contribution in [2.75, 3.05) is 5.73 Å². The molecule has 2 unspecified atom stereocenters. The summed E-state index contributed by atoms with van der Waals surface area (Å²) in [6.45, 7) is 2.29. The van der Waals surface area contributed by atoms with Crippen molar-refractivity contribution >= 4 is 17.0 Å². The van der Waals surface area contributed by atoms with Crippen LogP contribution in [0.1, 0.15) is 44.2 Å². The Kier molecular flexibility index (Phi) is 2.90. The molecular weight excluding hydrogens is 236 g/mol. The van der Waals surface area contributed by atoms with E-state index in [1.54, 1.807) is 6.07 Å². The summed E-state index contributed by atoms with van der Waals surface area (Å²) < 4.78 is 2.13. The van der Waals surface area contributed by atoms with Gasteiger partial charge in [-0.2, -0.15) is 5.26 Å². The van der Waals surface area contributed by atoms with Gasteiger partial charge < -0.3 is 10.3 Å². The molecule has 19 heavy (non-hydrogen) atoms. The van der Waals surface area contributed by atoms with Crippen molar-refractivity contribution in [3.8, 4) is 6.07 Å². The number of benzene rings is 1. The van der Waals surface area contributed by atoms with Crippen LogP contribution in [0.15, 0.2) is 18.2 Å². The van der Waals surface area contributed by atoms with E-state index in [0.717, 1.165) is 29.8 Å². The Bertz CT molecular complexity index is 650. The van der Waals surface area contributed by atoms with Crippen LogP contribution < -0.4 is 5.73 Å². The highest BCUT2D eigenvalue weighted by atomic mass is 15.2. The number of anilines is 1. The molecule has 0 radical (unpaired) electrons. The Labute approximate surface area is 112 Å². The molecule has 3 rings (SSSR count). The molecule has 4 heteroatoms. The maximum Gasteiger partial charge on any atom is 0.201 e. The second-order valence-electron chi connectivity index (χ2n) is 5.58. The van der Waals surface area contributed by atoms with Crippen LogP contribution in [0, 0.1) is 17.2 Å². The second kappa shape index (κ2) is 4.58. The Balaban J connectivity index is 2.11. The summed E-state index contributed by atoms with van der Waals surface area (Å²) in [5, 5.41) is 9.04. The maximum atomic E-state index is 9.04. The number of nitrogens with two attached hydrogens (primary N) is 1. The minimum atomic E-state index is 0.419. The topological polar surface area (TPSA) is 67.6 Å². The molecule has 0 aliphatic heterocycles. The first kappa shape index (κ1) is 12.0. The molecule has 0 saturated heterocycles. The van der Waals surface area contributed by atoms with Gasteiger partial charge in [0.2, 0.25) is 5.95 Å². The number of hydrogen-bond acceptors (Lipinski definition) is 3. The van der Waals surface area contributed by atoms with Gasteiger partial charge in [0.1, 0.15) is 0 Å². The van der Waals surface area contributed by atoms with Crippen molar-refractivity contribution < 1.29 is 0 Å². The zero-order valence-corrected chi connectivity index (χ0v) is 11.1. The smallest absolute Gasteiger partial charge is 0.201 e. The summed E-state index contributed by atoms with van der Waals surface area (Å²) >= 11 is 0. The SMILES string of the molecule is CC1CCCC(n2c(N)nc3ccc(C#N)cc32)C1. The third-order valence-corrected chi connectivity index (χ3v) is 4.12. The molecule has 4 nitrogen and oxygen atoms in total. The van der Waals surface area contributed by atoms with Gasteiger partial charge >= 0.3 is 0 Å². The number of nitrogens with zero attached hydrogens (tertiary/aromatic N) is 3. The first-order valence-electron chi connectivity index (χ1n) is 6.86. The third kappa shape index (κ3) is 2.06. The first-order chi connectivity index (χ1) is 9.19. The van der Waals surface area contributed by atoms with Crippen LogP contribution in [0.4, 0.5) is 5.95 Å². The van der Waals surface area contributed by atoms with E-state index in [1.807, 2.05) is 12.1 Å². The monoisotopic (exact) mass is 254 g/mol. The lowest BCUT2D eigenvalue weighted by atomic mass is 9.87. The van der Waals surface area contributed by atoms with E-state index in [9.17, 15) is 0 Å². The quantitative estimate of drug-likeness (QED) is 0.849. The number of hydrogen-bond donors (Lipinski definition) is 1. The predicted octanol–water partition coefficient (Wildman–Crippen LogP) is 3.24. The molecule has 1 heterocycles. The minimum absolute atomic E-state index is 0.419. The second-order valence-corrected chi connectivity index (χ2v) is 5.58. The molecule has 1 aromatic heterocycles. The van der Waals surface area contributed by atoms with E-state index in [0.29, 0.717) is 17.6 Å². The molecule has 98 valence electrons. The lowest BCUT2D eigenvalue weighted by Crippen LogP contribution is -2.19. The Hall–Kier alpha value is -2.02. The summed E-state index contributed by atoms with van der Waals surface area (Å²) in [7, 11) is 0. The third-order valence-electron chi connectivity index (χ3n) is 4.12. The lowest BCUT2D eigenvalue weighted by molar-refractivity contribution is 0.289.